The van der Waals surface area contributed by atoms with Gasteiger partial charge in [0.2, 0.25) is 11.5 Å². The Hall–Kier alpha value is -3.82. The molecule has 10 heteroatoms. The van der Waals surface area contributed by atoms with Crippen molar-refractivity contribution in [3.8, 4) is 0 Å². The third-order valence-electron chi connectivity index (χ3n) is 10.5. The Kier molecular flexibility index (Phi) is 10.3. The van der Waals surface area contributed by atoms with E-state index in [4.69, 9.17) is 4.74 Å². The number of nitrogens with zero attached hydrogens (tertiary/aromatic N) is 2. The van der Waals surface area contributed by atoms with E-state index in [1.165, 1.54) is 19.3 Å². The Labute approximate surface area is 297 Å². The maximum atomic E-state index is 14.6. The minimum atomic E-state index is -4.59. The molecule has 0 amide bonds. The van der Waals surface area contributed by atoms with Gasteiger partial charge in [-0.2, -0.15) is 30.9 Å². The second kappa shape index (κ2) is 13.6. The average molecular weight is 716 g/mol. The zero-order valence-corrected chi connectivity index (χ0v) is 31.0. The van der Waals surface area contributed by atoms with Gasteiger partial charge in [0.25, 0.3) is 0 Å². The standard InChI is InChI=1S/C41H49F6N2O2/c1-24(2)18-20-48-30-16-12-10-11-14-28(40(42,43)44)34(30)38(5,6)32(48)22-26-36(50)27(37(26)51-9)23-33-39(7,8)35-29(41(45,46)47)15-13-17-31(35)49(33)21-19-25(3)4/h10-11,13-15,17,22-25H,12,16,18-21H2,1-9H3/q+1/b11-10-,28-14+. The topological polar surface area (TPSA) is 32.5 Å². The lowest BCUT2D eigenvalue weighted by Crippen LogP contribution is -2.33. The maximum Gasteiger partial charge on any atom is 0.416 e. The molecular formula is C41H49F6N2O2+. The molecule has 4 aliphatic rings. The summed E-state index contributed by atoms with van der Waals surface area (Å²) in [5, 5.41) is 0. The molecule has 0 saturated carbocycles. The number of allylic oxidation sites excluding steroid dienone is 10. The number of ether oxygens (including phenoxy) is 1. The number of halogens is 6. The lowest BCUT2D eigenvalue weighted by atomic mass is 9.75. The lowest BCUT2D eigenvalue weighted by molar-refractivity contribution is -0.439. The van der Waals surface area contributed by atoms with Crippen LogP contribution in [0.5, 0.6) is 0 Å². The van der Waals surface area contributed by atoms with Gasteiger partial charge in [0.1, 0.15) is 12.3 Å². The fraction of sp³-hybridized carbons (Fsp3) is 0.512. The van der Waals surface area contributed by atoms with Crippen LogP contribution in [0.2, 0.25) is 0 Å². The third-order valence-corrected chi connectivity index (χ3v) is 10.5. The SMILES string of the molecule is COC1=C(/C=C2/N(CCC(C)C)C3=C(/C(C(F)(F)F)=C\C=C/CC3)C2(C)C)C(=O)/C1=C\C1=[N+](CCC(C)C)c2cccc(C(F)(F)F)c2C1(C)C. The highest BCUT2D eigenvalue weighted by atomic mass is 19.4. The molecule has 0 aromatic heterocycles. The van der Waals surface area contributed by atoms with E-state index in [-0.39, 0.29) is 45.7 Å². The molecule has 0 saturated heterocycles. The Morgan fingerprint density at radius 2 is 1.61 bits per heavy atom. The number of hydrogen-bond acceptors (Lipinski definition) is 3. The molecule has 2 aliphatic carbocycles. The number of rotatable bonds is 9. The van der Waals surface area contributed by atoms with E-state index < -0.39 is 34.3 Å². The van der Waals surface area contributed by atoms with Crippen LogP contribution in [0.15, 0.2) is 88.0 Å². The number of methoxy groups -OCH3 is 1. The highest BCUT2D eigenvalue weighted by molar-refractivity contribution is 6.24. The van der Waals surface area contributed by atoms with Gasteiger partial charge in [-0.1, -0.05) is 59.8 Å². The van der Waals surface area contributed by atoms with Crippen LogP contribution in [0.3, 0.4) is 0 Å². The van der Waals surface area contributed by atoms with E-state index in [9.17, 15) is 31.1 Å². The highest BCUT2D eigenvalue weighted by Crippen LogP contribution is 2.55. The lowest BCUT2D eigenvalue weighted by Gasteiger charge is -2.32. The van der Waals surface area contributed by atoms with E-state index >= 15 is 0 Å². The quantitative estimate of drug-likeness (QED) is 0.145. The maximum absolute atomic E-state index is 14.6. The van der Waals surface area contributed by atoms with Gasteiger partial charge < -0.3 is 9.64 Å². The first-order chi connectivity index (χ1) is 23.6. The molecular weight excluding hydrogens is 666 g/mol. The van der Waals surface area contributed by atoms with Gasteiger partial charge in [-0.15, -0.1) is 0 Å². The second-order valence-corrected chi connectivity index (χ2v) is 15.7. The van der Waals surface area contributed by atoms with Crippen molar-refractivity contribution in [2.24, 2.45) is 17.3 Å². The number of Topliss-reactive ketones (excluding diaryl/α,β-unsaturated/α-hetero) is 1. The van der Waals surface area contributed by atoms with Crippen molar-refractivity contribution in [3.05, 3.63) is 99.2 Å². The fourth-order valence-electron chi connectivity index (χ4n) is 7.89. The van der Waals surface area contributed by atoms with Crippen LogP contribution in [-0.4, -0.2) is 47.3 Å². The summed E-state index contributed by atoms with van der Waals surface area (Å²) in [6.07, 6.45) is 0.909. The molecule has 2 aliphatic heterocycles. The minimum Gasteiger partial charge on any atom is -0.495 e. The molecule has 276 valence electrons. The number of carbonyl (C=O) groups excluding carboxylic acids is 1. The monoisotopic (exact) mass is 715 g/mol. The number of fused-ring (bicyclic) bond motifs is 1. The number of benzene rings is 1. The first-order valence-electron chi connectivity index (χ1n) is 17.7. The number of ketones is 1. The van der Waals surface area contributed by atoms with Crippen LogP contribution < -0.4 is 0 Å². The van der Waals surface area contributed by atoms with E-state index in [1.54, 1.807) is 52.0 Å². The fourth-order valence-corrected chi connectivity index (χ4v) is 7.89. The van der Waals surface area contributed by atoms with Crippen LogP contribution in [0.4, 0.5) is 32.0 Å². The largest absolute Gasteiger partial charge is 0.495 e. The molecule has 0 atom stereocenters. The average Bonchev–Trinajstić information content (AvgIpc) is 3.33. The number of carbonyl (C=O) groups is 1. The summed E-state index contributed by atoms with van der Waals surface area (Å²) < 4.78 is 94.6. The molecule has 1 aromatic carbocycles. The summed E-state index contributed by atoms with van der Waals surface area (Å²) in [6.45, 7) is 16.1. The van der Waals surface area contributed by atoms with Crippen molar-refractivity contribution in [3.63, 3.8) is 0 Å². The molecule has 2 heterocycles. The Morgan fingerprint density at radius 3 is 2.20 bits per heavy atom. The molecule has 0 N–H and O–H groups in total. The molecule has 51 heavy (non-hydrogen) atoms. The molecule has 0 radical (unpaired) electrons. The van der Waals surface area contributed by atoms with Crippen molar-refractivity contribution >= 4 is 17.2 Å². The van der Waals surface area contributed by atoms with Gasteiger partial charge in [-0.05, 0) is 68.7 Å². The van der Waals surface area contributed by atoms with Crippen molar-refractivity contribution in [2.45, 2.75) is 98.8 Å². The van der Waals surface area contributed by atoms with Crippen LogP contribution in [0.1, 0.15) is 92.2 Å². The van der Waals surface area contributed by atoms with Crippen molar-refractivity contribution < 1.29 is 40.4 Å². The molecule has 0 spiro atoms. The van der Waals surface area contributed by atoms with Crippen LogP contribution in [0, 0.1) is 17.3 Å². The predicted molar refractivity (Wildman–Crippen MR) is 188 cm³/mol. The van der Waals surface area contributed by atoms with Crippen molar-refractivity contribution in [2.75, 3.05) is 20.2 Å². The Balaban J connectivity index is 1.67. The Morgan fingerprint density at radius 1 is 0.941 bits per heavy atom. The summed E-state index contributed by atoms with van der Waals surface area (Å²) in [7, 11) is 1.43. The van der Waals surface area contributed by atoms with E-state index in [1.807, 2.05) is 23.3 Å². The van der Waals surface area contributed by atoms with Crippen LogP contribution in [-0.2, 0) is 21.1 Å². The normalized spacial score (nSPS) is 23.6. The molecule has 0 unspecified atom stereocenters. The van der Waals surface area contributed by atoms with Crippen molar-refractivity contribution in [1.82, 2.24) is 4.90 Å². The molecule has 1 aromatic rings. The minimum absolute atomic E-state index is 0.158. The van der Waals surface area contributed by atoms with Crippen LogP contribution in [0.25, 0.3) is 0 Å². The first kappa shape index (κ1) is 38.4. The van der Waals surface area contributed by atoms with Gasteiger partial charge in [0.05, 0.1) is 40.4 Å². The zero-order chi connectivity index (χ0) is 37.8. The third kappa shape index (κ3) is 6.91. The summed E-state index contributed by atoms with van der Waals surface area (Å²) >= 11 is 0. The Bertz CT molecular complexity index is 1820. The second-order valence-electron chi connectivity index (χ2n) is 15.7. The van der Waals surface area contributed by atoms with Crippen LogP contribution >= 0.6 is 0 Å². The summed E-state index contributed by atoms with van der Waals surface area (Å²) in [5.74, 6) is 0.454. The van der Waals surface area contributed by atoms with Gasteiger partial charge in [0.15, 0.2) is 5.71 Å². The van der Waals surface area contributed by atoms with Gasteiger partial charge in [-0.25, -0.2) is 0 Å². The molecule has 0 bridgehead atoms. The summed E-state index contributed by atoms with van der Waals surface area (Å²) in [6, 6.07) is 4.20. The summed E-state index contributed by atoms with van der Waals surface area (Å²) in [5.41, 5.74) is -0.608. The number of hydrogen-bond donors (Lipinski definition) is 0. The van der Waals surface area contributed by atoms with Gasteiger partial charge in [-0.3, -0.25) is 4.79 Å². The smallest absolute Gasteiger partial charge is 0.416 e. The number of alkyl halides is 6. The first-order valence-corrected chi connectivity index (χ1v) is 17.7. The van der Waals surface area contributed by atoms with Gasteiger partial charge >= 0.3 is 12.4 Å². The van der Waals surface area contributed by atoms with E-state index in [2.05, 4.69) is 13.8 Å². The molecule has 5 rings (SSSR count). The zero-order valence-electron chi connectivity index (χ0n) is 31.0. The molecule has 0 fully saturated rings. The highest BCUT2D eigenvalue weighted by Gasteiger charge is 2.53. The van der Waals surface area contributed by atoms with E-state index in [0.717, 1.165) is 18.6 Å². The summed E-state index contributed by atoms with van der Waals surface area (Å²) in [4.78, 5) is 16.1. The van der Waals surface area contributed by atoms with Gasteiger partial charge in [0, 0.05) is 41.9 Å². The van der Waals surface area contributed by atoms with E-state index in [0.29, 0.717) is 55.1 Å². The predicted octanol–water partition coefficient (Wildman–Crippen LogP) is 10.9. The van der Waals surface area contributed by atoms with Crippen molar-refractivity contribution in [1.29, 1.82) is 0 Å². The molecule has 4 nitrogen and oxygen atoms in total.